The van der Waals surface area contributed by atoms with Gasteiger partial charge in [0.15, 0.2) is 6.61 Å². The lowest BCUT2D eigenvalue weighted by atomic mass is 10.1. The van der Waals surface area contributed by atoms with E-state index in [0.717, 1.165) is 24.2 Å². The number of benzene rings is 2. The van der Waals surface area contributed by atoms with Crippen molar-refractivity contribution >= 4 is 34.4 Å². The SMILES string of the molecule is CC(NC(=O)COC(=O)c1ccc2c(=O)n3c(nc2c1)CCC3)c1ccc(Cl)cc1. The zero-order valence-electron chi connectivity index (χ0n) is 16.4. The van der Waals surface area contributed by atoms with Crippen LogP contribution >= 0.6 is 11.6 Å². The highest BCUT2D eigenvalue weighted by Crippen LogP contribution is 2.17. The molecule has 7 nitrogen and oxygen atoms in total. The lowest BCUT2D eigenvalue weighted by molar-refractivity contribution is -0.124. The van der Waals surface area contributed by atoms with Crippen molar-refractivity contribution in [3.63, 3.8) is 0 Å². The number of nitrogens with zero attached hydrogens (tertiary/aromatic N) is 2. The summed E-state index contributed by atoms with van der Waals surface area (Å²) < 4.78 is 6.81. The fourth-order valence-electron chi connectivity index (χ4n) is 3.54. The first-order valence-electron chi connectivity index (χ1n) is 9.68. The summed E-state index contributed by atoms with van der Waals surface area (Å²) in [4.78, 5) is 41.5. The lowest BCUT2D eigenvalue weighted by Gasteiger charge is -2.14. The number of carbonyl (C=O) groups is 2. The number of hydrogen-bond acceptors (Lipinski definition) is 5. The highest BCUT2D eigenvalue weighted by molar-refractivity contribution is 6.30. The second-order valence-electron chi connectivity index (χ2n) is 7.24. The highest BCUT2D eigenvalue weighted by Gasteiger charge is 2.18. The van der Waals surface area contributed by atoms with Crippen molar-refractivity contribution in [2.75, 3.05) is 6.61 Å². The van der Waals surface area contributed by atoms with Crippen LogP contribution < -0.4 is 10.9 Å². The molecule has 1 amide bonds. The monoisotopic (exact) mass is 425 g/mol. The number of halogens is 1. The normalized spacial score (nSPS) is 13.7. The fraction of sp³-hybridized carbons (Fsp3) is 0.273. The van der Waals surface area contributed by atoms with Gasteiger partial charge < -0.3 is 10.1 Å². The number of carbonyl (C=O) groups excluding carboxylic acids is 2. The van der Waals surface area contributed by atoms with Gasteiger partial charge in [0, 0.05) is 18.0 Å². The number of hydrogen-bond donors (Lipinski definition) is 1. The van der Waals surface area contributed by atoms with E-state index < -0.39 is 18.5 Å². The summed E-state index contributed by atoms with van der Waals surface area (Å²) in [6, 6.07) is 11.5. The first kappa shape index (κ1) is 20.1. The third-order valence-electron chi connectivity index (χ3n) is 5.13. The van der Waals surface area contributed by atoms with Gasteiger partial charge in [-0.05, 0) is 49.2 Å². The molecule has 154 valence electrons. The molecule has 1 atom stereocenters. The number of nitrogens with one attached hydrogen (secondary N) is 1. The predicted molar refractivity (Wildman–Crippen MR) is 113 cm³/mol. The van der Waals surface area contributed by atoms with Crippen LogP contribution in [0.1, 0.15) is 41.1 Å². The molecule has 2 aromatic carbocycles. The molecule has 2 heterocycles. The van der Waals surface area contributed by atoms with Crippen molar-refractivity contribution in [3.05, 3.63) is 74.8 Å². The van der Waals surface area contributed by atoms with E-state index in [9.17, 15) is 14.4 Å². The number of aryl methyl sites for hydroxylation is 1. The fourth-order valence-corrected chi connectivity index (χ4v) is 3.67. The second kappa shape index (κ2) is 8.28. The summed E-state index contributed by atoms with van der Waals surface area (Å²) in [6.45, 7) is 2.09. The van der Waals surface area contributed by atoms with Gasteiger partial charge in [0.2, 0.25) is 0 Å². The number of rotatable bonds is 5. The average molecular weight is 426 g/mol. The van der Waals surface area contributed by atoms with Gasteiger partial charge in [-0.25, -0.2) is 9.78 Å². The van der Waals surface area contributed by atoms with Crippen LogP contribution in [0.3, 0.4) is 0 Å². The molecule has 0 radical (unpaired) electrons. The largest absolute Gasteiger partial charge is 0.452 e. The number of amides is 1. The van der Waals surface area contributed by atoms with Crippen LogP contribution in [0.4, 0.5) is 0 Å². The van der Waals surface area contributed by atoms with E-state index >= 15 is 0 Å². The lowest BCUT2D eigenvalue weighted by Crippen LogP contribution is -2.31. The van der Waals surface area contributed by atoms with Crippen LogP contribution in [-0.4, -0.2) is 28.0 Å². The third-order valence-corrected chi connectivity index (χ3v) is 5.39. The van der Waals surface area contributed by atoms with Crippen LogP contribution in [0, 0.1) is 0 Å². The minimum absolute atomic E-state index is 0.0945. The summed E-state index contributed by atoms with van der Waals surface area (Å²) in [5.41, 5.74) is 1.50. The standard InChI is InChI=1S/C22H20ClN3O4/c1-13(14-4-7-16(23)8-5-14)24-20(27)12-30-22(29)15-6-9-17-18(11-15)25-19-3-2-10-26(19)21(17)28/h4-9,11,13H,2-3,10,12H2,1H3,(H,24,27). The Balaban J connectivity index is 1.40. The summed E-state index contributed by atoms with van der Waals surface area (Å²) in [6.07, 6.45) is 1.63. The van der Waals surface area contributed by atoms with Gasteiger partial charge in [0.25, 0.3) is 11.5 Å². The number of fused-ring (bicyclic) bond motifs is 2. The number of esters is 1. The zero-order chi connectivity index (χ0) is 21.3. The Hall–Kier alpha value is -3.19. The van der Waals surface area contributed by atoms with Crippen molar-refractivity contribution in [3.8, 4) is 0 Å². The van der Waals surface area contributed by atoms with Gasteiger partial charge in [-0.1, -0.05) is 23.7 Å². The summed E-state index contributed by atoms with van der Waals surface area (Å²) >= 11 is 5.87. The molecule has 4 rings (SSSR count). The molecule has 0 bridgehead atoms. The van der Waals surface area contributed by atoms with E-state index in [1.165, 1.54) is 12.1 Å². The molecule has 0 spiro atoms. The number of ether oxygens (including phenoxy) is 1. The van der Waals surface area contributed by atoms with Crippen LogP contribution in [0.15, 0.2) is 47.3 Å². The molecule has 1 aliphatic heterocycles. The van der Waals surface area contributed by atoms with Crippen LogP contribution in [0.25, 0.3) is 10.9 Å². The van der Waals surface area contributed by atoms with Crippen molar-refractivity contribution in [2.45, 2.75) is 32.4 Å². The quantitative estimate of drug-likeness (QED) is 0.634. The summed E-state index contributed by atoms with van der Waals surface area (Å²) in [5, 5.41) is 3.85. The van der Waals surface area contributed by atoms with E-state index in [2.05, 4.69) is 10.3 Å². The molecule has 0 aliphatic carbocycles. The first-order valence-corrected chi connectivity index (χ1v) is 10.1. The smallest absolute Gasteiger partial charge is 0.338 e. The summed E-state index contributed by atoms with van der Waals surface area (Å²) in [7, 11) is 0. The van der Waals surface area contributed by atoms with Gasteiger partial charge in [0.1, 0.15) is 5.82 Å². The Bertz CT molecular complexity index is 1190. The van der Waals surface area contributed by atoms with Crippen LogP contribution in [0.2, 0.25) is 5.02 Å². The van der Waals surface area contributed by atoms with Crippen molar-refractivity contribution in [2.24, 2.45) is 0 Å². The molecule has 1 aromatic heterocycles. The van der Waals surface area contributed by atoms with Gasteiger partial charge >= 0.3 is 5.97 Å². The third kappa shape index (κ3) is 4.07. The zero-order valence-corrected chi connectivity index (χ0v) is 17.1. The predicted octanol–water partition coefficient (Wildman–Crippen LogP) is 3.03. The molecule has 0 saturated carbocycles. The van der Waals surface area contributed by atoms with E-state index in [-0.39, 0.29) is 17.2 Å². The number of aromatic nitrogens is 2. The Labute approximate surface area is 177 Å². The highest BCUT2D eigenvalue weighted by atomic mass is 35.5. The second-order valence-corrected chi connectivity index (χ2v) is 7.67. The Morgan fingerprint density at radius 3 is 2.77 bits per heavy atom. The van der Waals surface area contributed by atoms with Crippen molar-refractivity contribution < 1.29 is 14.3 Å². The van der Waals surface area contributed by atoms with E-state index in [0.29, 0.717) is 22.5 Å². The van der Waals surface area contributed by atoms with Gasteiger partial charge in [-0.15, -0.1) is 0 Å². The van der Waals surface area contributed by atoms with Crippen LogP contribution in [0.5, 0.6) is 0 Å². The maximum atomic E-state index is 12.5. The Kier molecular flexibility index (Phi) is 5.55. The van der Waals surface area contributed by atoms with Crippen molar-refractivity contribution in [1.29, 1.82) is 0 Å². The molecule has 8 heteroatoms. The minimum Gasteiger partial charge on any atom is -0.452 e. The van der Waals surface area contributed by atoms with Gasteiger partial charge in [-0.2, -0.15) is 0 Å². The topological polar surface area (TPSA) is 90.3 Å². The molecule has 1 N–H and O–H groups in total. The van der Waals surface area contributed by atoms with Gasteiger partial charge in [0.05, 0.1) is 22.5 Å². The molecule has 1 aliphatic rings. The van der Waals surface area contributed by atoms with E-state index in [1.807, 2.05) is 19.1 Å². The van der Waals surface area contributed by atoms with E-state index in [4.69, 9.17) is 16.3 Å². The maximum absolute atomic E-state index is 12.5. The average Bonchev–Trinajstić information content (AvgIpc) is 3.21. The molecule has 0 saturated heterocycles. The molecule has 3 aromatic rings. The van der Waals surface area contributed by atoms with Gasteiger partial charge in [-0.3, -0.25) is 14.2 Å². The minimum atomic E-state index is -0.645. The molecular formula is C22H20ClN3O4. The molecule has 0 fully saturated rings. The van der Waals surface area contributed by atoms with E-state index in [1.54, 1.807) is 22.8 Å². The molecule has 30 heavy (non-hydrogen) atoms. The van der Waals surface area contributed by atoms with Crippen molar-refractivity contribution in [1.82, 2.24) is 14.9 Å². The Morgan fingerprint density at radius 2 is 2.00 bits per heavy atom. The molecule has 1 unspecified atom stereocenters. The molecular weight excluding hydrogens is 406 g/mol. The Morgan fingerprint density at radius 1 is 1.23 bits per heavy atom. The maximum Gasteiger partial charge on any atom is 0.338 e. The summed E-state index contributed by atoms with van der Waals surface area (Å²) in [5.74, 6) is -0.331. The van der Waals surface area contributed by atoms with Crippen LogP contribution in [-0.2, 0) is 22.5 Å². The first-order chi connectivity index (χ1) is 14.4.